The van der Waals surface area contributed by atoms with Gasteiger partial charge >= 0.3 is 0 Å². The van der Waals surface area contributed by atoms with Crippen molar-refractivity contribution in [1.82, 2.24) is 15.1 Å². The van der Waals surface area contributed by atoms with E-state index in [0.717, 1.165) is 23.4 Å². The molecule has 2 aliphatic rings. The minimum atomic E-state index is -0.156. The molecule has 1 fully saturated rings. The van der Waals surface area contributed by atoms with E-state index in [1.807, 2.05) is 31.3 Å². The van der Waals surface area contributed by atoms with Crippen molar-refractivity contribution in [2.24, 2.45) is 7.05 Å². The average molecular weight is 343 g/mol. The second kappa shape index (κ2) is 6.76. The number of rotatable bonds is 4. The molecule has 2 atom stereocenters. The van der Waals surface area contributed by atoms with Gasteiger partial charge in [0.25, 0.3) is 0 Å². The number of benzene rings is 1. The third-order valence-corrected chi connectivity index (χ3v) is 4.56. The van der Waals surface area contributed by atoms with Gasteiger partial charge in [0.2, 0.25) is 5.91 Å². The Balaban J connectivity index is 1.41. The lowest BCUT2D eigenvalue weighted by Gasteiger charge is -2.21. The quantitative estimate of drug-likeness (QED) is 0.908. The van der Waals surface area contributed by atoms with E-state index < -0.39 is 0 Å². The number of ether oxygens (including phenoxy) is 3. The second-order valence-corrected chi connectivity index (χ2v) is 6.29. The molecule has 132 valence electrons. The van der Waals surface area contributed by atoms with E-state index in [2.05, 4.69) is 10.4 Å². The number of fused-ring (bicyclic) bond motifs is 1. The highest BCUT2D eigenvalue weighted by molar-refractivity contribution is 5.79. The van der Waals surface area contributed by atoms with E-state index in [-0.39, 0.29) is 18.1 Å². The van der Waals surface area contributed by atoms with Gasteiger partial charge in [-0.05, 0) is 30.2 Å². The van der Waals surface area contributed by atoms with Crippen LogP contribution in [0.1, 0.15) is 23.8 Å². The summed E-state index contributed by atoms with van der Waals surface area (Å²) in [4.78, 5) is 12.5. The lowest BCUT2D eigenvalue weighted by molar-refractivity contribution is -0.121. The molecule has 1 aromatic heterocycles. The maximum Gasteiger partial charge on any atom is 0.224 e. The zero-order chi connectivity index (χ0) is 17.2. The van der Waals surface area contributed by atoms with Gasteiger partial charge in [-0.3, -0.25) is 9.48 Å². The first-order chi connectivity index (χ1) is 12.2. The first-order valence-electron chi connectivity index (χ1n) is 8.48. The molecule has 0 spiro atoms. The van der Waals surface area contributed by atoms with Crippen LogP contribution in [-0.2, 0) is 23.0 Å². The van der Waals surface area contributed by atoms with E-state index in [0.29, 0.717) is 32.0 Å². The molecular formula is C18H21N3O4. The number of aromatic nitrogens is 2. The molecular weight excluding hydrogens is 322 g/mol. The SMILES string of the molecule is Cn1nccc1[C@H]1OCC[C@@H]1NC(=O)Cc1ccc2c(c1)OCCO2. The monoisotopic (exact) mass is 343 g/mol. The van der Waals surface area contributed by atoms with Crippen molar-refractivity contribution in [2.45, 2.75) is 25.0 Å². The van der Waals surface area contributed by atoms with Crippen molar-refractivity contribution in [3.05, 3.63) is 41.7 Å². The van der Waals surface area contributed by atoms with E-state index in [9.17, 15) is 4.79 Å². The van der Waals surface area contributed by atoms with Gasteiger partial charge in [-0.25, -0.2) is 0 Å². The van der Waals surface area contributed by atoms with Crippen molar-refractivity contribution < 1.29 is 19.0 Å². The summed E-state index contributed by atoms with van der Waals surface area (Å²) in [5, 5.41) is 7.28. The highest BCUT2D eigenvalue weighted by Crippen LogP contribution is 2.31. The number of carbonyl (C=O) groups is 1. The Morgan fingerprint density at radius 1 is 1.24 bits per heavy atom. The van der Waals surface area contributed by atoms with Crippen molar-refractivity contribution in [3.8, 4) is 11.5 Å². The third kappa shape index (κ3) is 3.32. The van der Waals surface area contributed by atoms with Gasteiger partial charge in [0.05, 0.1) is 18.2 Å². The van der Waals surface area contributed by atoms with Gasteiger partial charge in [-0.2, -0.15) is 5.10 Å². The lowest BCUT2D eigenvalue weighted by Crippen LogP contribution is -2.38. The molecule has 7 heteroatoms. The zero-order valence-electron chi connectivity index (χ0n) is 14.1. The minimum absolute atomic E-state index is 0.0284. The standard InChI is InChI=1S/C18H21N3O4/c1-21-14(4-6-19-21)18-13(5-7-25-18)20-17(22)11-12-2-3-15-16(10-12)24-9-8-23-15/h2-4,6,10,13,18H,5,7-9,11H2,1H3,(H,20,22)/t13-,18-/m0/s1. The van der Waals surface area contributed by atoms with Crippen molar-refractivity contribution in [3.63, 3.8) is 0 Å². The Labute approximate surface area is 145 Å². The Morgan fingerprint density at radius 3 is 2.88 bits per heavy atom. The number of nitrogens with one attached hydrogen (secondary N) is 1. The third-order valence-electron chi connectivity index (χ3n) is 4.56. The predicted octanol–water partition coefficient (Wildman–Crippen LogP) is 1.38. The van der Waals surface area contributed by atoms with Crippen molar-refractivity contribution in [2.75, 3.05) is 19.8 Å². The Morgan fingerprint density at radius 2 is 2.08 bits per heavy atom. The van der Waals surface area contributed by atoms with Gasteiger partial charge < -0.3 is 19.5 Å². The number of nitrogens with zero attached hydrogens (tertiary/aromatic N) is 2. The number of hydrogen-bond donors (Lipinski definition) is 1. The summed E-state index contributed by atoms with van der Waals surface area (Å²) in [7, 11) is 1.88. The number of carbonyl (C=O) groups excluding carboxylic acids is 1. The summed E-state index contributed by atoms with van der Waals surface area (Å²) >= 11 is 0. The van der Waals surface area contributed by atoms with Crippen molar-refractivity contribution >= 4 is 5.91 Å². The zero-order valence-corrected chi connectivity index (χ0v) is 14.1. The van der Waals surface area contributed by atoms with Crippen LogP contribution in [0.2, 0.25) is 0 Å². The van der Waals surface area contributed by atoms with Crippen LogP contribution in [-0.4, -0.2) is 41.6 Å². The van der Waals surface area contributed by atoms with Crippen LogP contribution in [0.5, 0.6) is 11.5 Å². The summed E-state index contributed by atoms with van der Waals surface area (Å²) in [6, 6.07) is 7.51. The van der Waals surface area contributed by atoms with Gasteiger partial charge in [0.1, 0.15) is 19.3 Å². The molecule has 1 saturated heterocycles. The molecule has 2 aromatic rings. The Bertz CT molecular complexity index is 773. The molecule has 0 unspecified atom stereocenters. The summed E-state index contributed by atoms with van der Waals surface area (Å²) in [5.74, 6) is 1.41. The Kier molecular flexibility index (Phi) is 4.31. The molecule has 1 aromatic carbocycles. The second-order valence-electron chi connectivity index (χ2n) is 6.29. The van der Waals surface area contributed by atoms with Crippen LogP contribution < -0.4 is 14.8 Å². The summed E-state index contributed by atoms with van der Waals surface area (Å²) in [6.07, 6.45) is 2.68. The fraction of sp³-hybridized carbons (Fsp3) is 0.444. The molecule has 3 heterocycles. The normalized spacial score (nSPS) is 22.0. The summed E-state index contributed by atoms with van der Waals surface area (Å²) in [6.45, 7) is 1.73. The molecule has 1 N–H and O–H groups in total. The molecule has 0 bridgehead atoms. The molecule has 1 amide bonds. The first-order valence-corrected chi connectivity index (χ1v) is 8.48. The van der Waals surface area contributed by atoms with E-state index in [4.69, 9.17) is 14.2 Å². The van der Waals surface area contributed by atoms with Crippen LogP contribution >= 0.6 is 0 Å². The highest BCUT2D eigenvalue weighted by atomic mass is 16.6. The summed E-state index contributed by atoms with van der Waals surface area (Å²) < 4.78 is 18.7. The summed E-state index contributed by atoms with van der Waals surface area (Å²) in [5.41, 5.74) is 1.87. The Hall–Kier alpha value is -2.54. The first kappa shape index (κ1) is 16.0. The van der Waals surface area contributed by atoms with E-state index in [1.165, 1.54) is 0 Å². The fourth-order valence-electron chi connectivity index (χ4n) is 3.33. The molecule has 0 radical (unpaired) electrons. The van der Waals surface area contributed by atoms with E-state index in [1.54, 1.807) is 10.9 Å². The van der Waals surface area contributed by atoms with Crippen molar-refractivity contribution in [1.29, 1.82) is 0 Å². The molecule has 2 aliphatic heterocycles. The maximum absolute atomic E-state index is 12.5. The molecule has 25 heavy (non-hydrogen) atoms. The maximum atomic E-state index is 12.5. The number of amides is 1. The van der Waals surface area contributed by atoms with Gasteiger partial charge in [-0.1, -0.05) is 6.07 Å². The van der Waals surface area contributed by atoms with Gasteiger partial charge in [0, 0.05) is 19.9 Å². The predicted molar refractivity (Wildman–Crippen MR) is 89.6 cm³/mol. The largest absolute Gasteiger partial charge is 0.486 e. The highest BCUT2D eigenvalue weighted by Gasteiger charge is 2.32. The van der Waals surface area contributed by atoms with Crippen LogP contribution in [0.15, 0.2) is 30.5 Å². The van der Waals surface area contributed by atoms with Crippen LogP contribution in [0.25, 0.3) is 0 Å². The molecule has 0 aliphatic carbocycles. The number of hydrogen-bond acceptors (Lipinski definition) is 5. The number of aryl methyl sites for hydroxylation is 1. The average Bonchev–Trinajstić information content (AvgIpc) is 3.23. The lowest BCUT2D eigenvalue weighted by atomic mass is 10.1. The molecule has 0 saturated carbocycles. The topological polar surface area (TPSA) is 74.6 Å². The fourth-order valence-corrected chi connectivity index (χ4v) is 3.33. The molecule has 4 rings (SSSR count). The smallest absolute Gasteiger partial charge is 0.224 e. The van der Waals surface area contributed by atoms with Gasteiger partial charge in [-0.15, -0.1) is 0 Å². The van der Waals surface area contributed by atoms with Crippen LogP contribution in [0, 0.1) is 0 Å². The molecule has 7 nitrogen and oxygen atoms in total. The van der Waals surface area contributed by atoms with Crippen LogP contribution in [0.3, 0.4) is 0 Å². The van der Waals surface area contributed by atoms with Gasteiger partial charge in [0.15, 0.2) is 11.5 Å². The van der Waals surface area contributed by atoms with E-state index >= 15 is 0 Å². The minimum Gasteiger partial charge on any atom is -0.486 e. The van der Waals surface area contributed by atoms with Crippen LogP contribution in [0.4, 0.5) is 0 Å².